The van der Waals surface area contributed by atoms with Gasteiger partial charge in [-0.05, 0) is 30.4 Å². The summed E-state index contributed by atoms with van der Waals surface area (Å²) in [6.07, 6.45) is 2.57. The van der Waals surface area contributed by atoms with Crippen molar-refractivity contribution in [1.82, 2.24) is 0 Å². The highest BCUT2D eigenvalue weighted by Crippen LogP contribution is 2.41. The Morgan fingerprint density at radius 2 is 1.86 bits per heavy atom. The van der Waals surface area contributed by atoms with Crippen LogP contribution in [0, 0.1) is 10.1 Å². The minimum Gasteiger partial charge on any atom is -0.330 e. The minimum absolute atomic E-state index is 0.178. The van der Waals surface area contributed by atoms with E-state index in [-0.39, 0.29) is 16.0 Å². The van der Waals surface area contributed by atoms with Gasteiger partial charge in [0.25, 0.3) is 5.69 Å². The van der Waals surface area contributed by atoms with Crippen LogP contribution in [0.3, 0.4) is 0 Å². The molecule has 0 radical (unpaired) electrons. The zero-order valence-corrected chi connectivity index (χ0v) is 11.8. The molecular formula is C17H18N2O2. The van der Waals surface area contributed by atoms with E-state index in [0.717, 1.165) is 18.4 Å². The van der Waals surface area contributed by atoms with Gasteiger partial charge in [-0.25, -0.2) is 0 Å². The van der Waals surface area contributed by atoms with Gasteiger partial charge in [-0.1, -0.05) is 42.5 Å². The summed E-state index contributed by atoms with van der Waals surface area (Å²) in [5.41, 5.74) is 9.44. The molecule has 0 amide bonds. The van der Waals surface area contributed by atoms with E-state index in [2.05, 4.69) is 12.1 Å². The van der Waals surface area contributed by atoms with Gasteiger partial charge in [0.2, 0.25) is 0 Å². The molecule has 1 aliphatic carbocycles. The van der Waals surface area contributed by atoms with E-state index in [4.69, 9.17) is 5.73 Å². The minimum atomic E-state index is -0.305. The predicted molar refractivity (Wildman–Crippen MR) is 82.3 cm³/mol. The maximum atomic E-state index is 11.2. The number of rotatable bonds is 4. The van der Waals surface area contributed by atoms with E-state index in [1.165, 1.54) is 11.1 Å². The molecule has 108 valence electrons. The number of nitrogens with zero attached hydrogens (tertiary/aromatic N) is 1. The van der Waals surface area contributed by atoms with Crippen LogP contribution in [0.5, 0.6) is 0 Å². The van der Waals surface area contributed by atoms with Gasteiger partial charge in [0.1, 0.15) is 0 Å². The fourth-order valence-corrected chi connectivity index (χ4v) is 3.44. The summed E-state index contributed by atoms with van der Waals surface area (Å²) in [5.74, 6) is 0. The molecule has 2 aromatic rings. The largest absolute Gasteiger partial charge is 0.330 e. The summed E-state index contributed by atoms with van der Waals surface area (Å²) in [6, 6.07) is 15.3. The van der Waals surface area contributed by atoms with E-state index < -0.39 is 0 Å². The highest BCUT2D eigenvalue weighted by molar-refractivity contribution is 5.46. The second-order valence-electron chi connectivity index (χ2n) is 5.70. The second kappa shape index (κ2) is 5.30. The third-order valence-corrected chi connectivity index (χ3v) is 4.57. The van der Waals surface area contributed by atoms with Crippen molar-refractivity contribution in [2.24, 2.45) is 5.73 Å². The van der Waals surface area contributed by atoms with Gasteiger partial charge >= 0.3 is 0 Å². The summed E-state index contributed by atoms with van der Waals surface area (Å²) in [7, 11) is 0. The molecule has 3 rings (SSSR count). The highest BCUT2D eigenvalue weighted by atomic mass is 16.6. The first-order chi connectivity index (χ1) is 10.2. The lowest BCUT2D eigenvalue weighted by Gasteiger charge is -2.29. The molecule has 1 atom stereocenters. The Hall–Kier alpha value is -2.20. The molecule has 1 aliphatic rings. The SMILES string of the molecule is NCC1(Cc2ccccc2[N+](=O)[O-])CCc2ccccc21. The Morgan fingerprint density at radius 3 is 2.62 bits per heavy atom. The summed E-state index contributed by atoms with van der Waals surface area (Å²) >= 11 is 0. The van der Waals surface area contributed by atoms with Crippen molar-refractivity contribution < 1.29 is 4.92 Å². The molecule has 1 unspecified atom stereocenters. The van der Waals surface area contributed by atoms with Gasteiger partial charge in [0.15, 0.2) is 0 Å². The molecular weight excluding hydrogens is 264 g/mol. The average molecular weight is 282 g/mol. The van der Waals surface area contributed by atoms with Crippen LogP contribution in [0.25, 0.3) is 0 Å². The number of fused-ring (bicyclic) bond motifs is 1. The number of hydrogen-bond donors (Lipinski definition) is 1. The molecule has 0 saturated heterocycles. The van der Waals surface area contributed by atoms with Gasteiger partial charge in [0, 0.05) is 23.6 Å². The van der Waals surface area contributed by atoms with Crippen LogP contribution < -0.4 is 5.73 Å². The van der Waals surface area contributed by atoms with E-state index in [9.17, 15) is 10.1 Å². The van der Waals surface area contributed by atoms with Gasteiger partial charge in [0.05, 0.1) is 4.92 Å². The van der Waals surface area contributed by atoms with Crippen molar-refractivity contribution in [2.75, 3.05) is 6.54 Å². The van der Waals surface area contributed by atoms with Crippen LogP contribution >= 0.6 is 0 Å². The summed E-state index contributed by atoms with van der Waals surface area (Å²) in [5, 5.41) is 11.2. The number of nitro benzene ring substituents is 1. The topological polar surface area (TPSA) is 69.2 Å². The smallest absolute Gasteiger partial charge is 0.272 e. The van der Waals surface area contributed by atoms with Crippen LogP contribution in [-0.2, 0) is 18.3 Å². The van der Waals surface area contributed by atoms with Gasteiger partial charge in [-0.3, -0.25) is 10.1 Å². The second-order valence-corrected chi connectivity index (χ2v) is 5.70. The first-order valence-corrected chi connectivity index (χ1v) is 7.17. The van der Waals surface area contributed by atoms with E-state index in [0.29, 0.717) is 13.0 Å². The number of nitrogens with two attached hydrogens (primary N) is 1. The van der Waals surface area contributed by atoms with Crippen molar-refractivity contribution in [1.29, 1.82) is 0 Å². The van der Waals surface area contributed by atoms with Gasteiger partial charge in [-0.2, -0.15) is 0 Å². The summed E-state index contributed by atoms with van der Waals surface area (Å²) < 4.78 is 0. The van der Waals surface area contributed by atoms with Crippen LogP contribution in [0.15, 0.2) is 48.5 Å². The van der Waals surface area contributed by atoms with Crippen LogP contribution in [0.1, 0.15) is 23.1 Å². The number of nitro groups is 1. The molecule has 2 N–H and O–H groups in total. The fraction of sp³-hybridized carbons (Fsp3) is 0.294. The molecule has 0 heterocycles. The van der Waals surface area contributed by atoms with Gasteiger partial charge in [-0.15, -0.1) is 0 Å². The molecule has 0 bridgehead atoms. The zero-order chi connectivity index (χ0) is 14.9. The maximum Gasteiger partial charge on any atom is 0.272 e. The molecule has 4 heteroatoms. The number of aryl methyl sites for hydroxylation is 1. The molecule has 4 nitrogen and oxygen atoms in total. The first-order valence-electron chi connectivity index (χ1n) is 7.17. The van der Waals surface area contributed by atoms with Crippen molar-refractivity contribution in [3.05, 3.63) is 75.3 Å². The normalized spacial score (nSPS) is 20.2. The Morgan fingerprint density at radius 1 is 1.14 bits per heavy atom. The quantitative estimate of drug-likeness (QED) is 0.692. The van der Waals surface area contributed by atoms with Crippen LogP contribution in [0.4, 0.5) is 5.69 Å². The molecule has 0 fully saturated rings. The lowest BCUT2D eigenvalue weighted by molar-refractivity contribution is -0.385. The monoisotopic (exact) mass is 282 g/mol. The summed E-state index contributed by atoms with van der Waals surface area (Å²) in [6.45, 7) is 0.510. The van der Waals surface area contributed by atoms with Gasteiger partial charge < -0.3 is 5.73 Å². The Labute approximate surface area is 123 Å². The third-order valence-electron chi connectivity index (χ3n) is 4.57. The van der Waals surface area contributed by atoms with Crippen molar-refractivity contribution in [3.63, 3.8) is 0 Å². The number of benzene rings is 2. The van der Waals surface area contributed by atoms with E-state index in [1.807, 2.05) is 24.3 Å². The zero-order valence-electron chi connectivity index (χ0n) is 11.8. The number of hydrogen-bond acceptors (Lipinski definition) is 3. The molecule has 21 heavy (non-hydrogen) atoms. The predicted octanol–water partition coefficient (Wildman–Crippen LogP) is 2.98. The van der Waals surface area contributed by atoms with E-state index >= 15 is 0 Å². The molecule has 0 spiro atoms. The number of para-hydroxylation sites is 1. The first kappa shape index (κ1) is 13.8. The molecule has 0 saturated carbocycles. The third kappa shape index (κ3) is 2.32. The Kier molecular flexibility index (Phi) is 3.47. The van der Waals surface area contributed by atoms with Crippen LogP contribution in [0.2, 0.25) is 0 Å². The Bertz CT molecular complexity index is 684. The lowest BCUT2D eigenvalue weighted by Crippen LogP contribution is -2.35. The lowest BCUT2D eigenvalue weighted by atomic mass is 9.76. The van der Waals surface area contributed by atoms with Crippen molar-refractivity contribution >= 4 is 5.69 Å². The summed E-state index contributed by atoms with van der Waals surface area (Å²) in [4.78, 5) is 10.9. The van der Waals surface area contributed by atoms with Crippen LogP contribution in [-0.4, -0.2) is 11.5 Å². The average Bonchev–Trinajstić information content (AvgIpc) is 2.87. The molecule has 0 aliphatic heterocycles. The van der Waals surface area contributed by atoms with Crippen molar-refractivity contribution in [2.45, 2.75) is 24.7 Å². The Balaban J connectivity index is 2.03. The van der Waals surface area contributed by atoms with E-state index in [1.54, 1.807) is 12.1 Å². The molecule has 2 aromatic carbocycles. The standard InChI is InChI=1S/C17H18N2O2/c18-12-17(10-9-13-5-1-3-7-15(13)17)11-14-6-2-4-8-16(14)19(20)21/h1-8H,9-12,18H2. The maximum absolute atomic E-state index is 11.2. The highest BCUT2D eigenvalue weighted by Gasteiger charge is 2.38. The van der Waals surface area contributed by atoms with Crippen molar-refractivity contribution in [3.8, 4) is 0 Å². The molecule has 0 aromatic heterocycles. The fourth-order valence-electron chi connectivity index (χ4n) is 3.44.